The first-order valence-corrected chi connectivity index (χ1v) is 17.5. The van der Waals surface area contributed by atoms with E-state index in [1.54, 1.807) is 109 Å². The lowest BCUT2D eigenvalue weighted by atomic mass is 10.0. The summed E-state index contributed by atoms with van der Waals surface area (Å²) in [5, 5.41) is 0.415. The second kappa shape index (κ2) is 14.5. The van der Waals surface area contributed by atoms with E-state index >= 15 is 0 Å². The smallest absolute Gasteiger partial charge is 0.206 e. The van der Waals surface area contributed by atoms with Crippen LogP contribution in [-0.4, -0.2) is 20.0 Å². The number of halogens is 2. The molecule has 6 aromatic rings. The summed E-state index contributed by atoms with van der Waals surface area (Å²) >= 11 is 12.0. The topological polar surface area (TPSA) is 86.7 Å². The van der Waals surface area contributed by atoms with E-state index in [4.69, 9.17) is 32.7 Å². The van der Waals surface area contributed by atoms with E-state index in [-0.39, 0.29) is 26.7 Å². The van der Waals surface area contributed by atoms with Gasteiger partial charge in [-0.1, -0.05) is 35.9 Å². The second-order valence-electron chi connectivity index (χ2n) is 11.1. The molecule has 0 spiro atoms. The molecule has 1 unspecified atom stereocenters. The molecule has 0 N–H and O–H groups in total. The van der Waals surface area contributed by atoms with Gasteiger partial charge in [0.15, 0.2) is 11.6 Å². The van der Waals surface area contributed by atoms with Crippen LogP contribution in [0.2, 0.25) is 5.02 Å². The fraction of sp³-hybridized carbons (Fsp3) is 0.0500. The van der Waals surface area contributed by atoms with Crippen molar-refractivity contribution in [3.05, 3.63) is 178 Å². The van der Waals surface area contributed by atoms with E-state index in [2.05, 4.69) is 0 Å². The number of alkyl halides is 1. The number of ether oxygens (including phenoxy) is 2. The highest BCUT2D eigenvalue weighted by Gasteiger charge is 2.18. The highest BCUT2D eigenvalue weighted by Crippen LogP contribution is 2.29. The van der Waals surface area contributed by atoms with Gasteiger partial charge in [-0.05, 0) is 134 Å². The van der Waals surface area contributed by atoms with E-state index in [1.165, 1.54) is 24.3 Å². The number of benzene rings is 6. The second-order valence-corrected chi connectivity index (χ2v) is 14.1. The average Bonchev–Trinajstić information content (AvgIpc) is 3.12. The lowest BCUT2D eigenvalue weighted by Gasteiger charge is -2.10. The molecular formula is C40H28Cl2O6S. The summed E-state index contributed by atoms with van der Waals surface area (Å²) in [5.41, 5.74) is 3.03. The minimum absolute atomic E-state index is 0.101. The number of ketones is 2. The number of hydrogen-bond donors (Lipinski definition) is 0. The van der Waals surface area contributed by atoms with Crippen LogP contribution >= 0.6 is 23.2 Å². The Bertz CT molecular complexity index is 2200. The van der Waals surface area contributed by atoms with Gasteiger partial charge in [0.2, 0.25) is 9.84 Å². The van der Waals surface area contributed by atoms with E-state index in [1.807, 2.05) is 19.1 Å². The Morgan fingerprint density at radius 2 is 0.776 bits per heavy atom. The Balaban J connectivity index is 1.06. The van der Waals surface area contributed by atoms with Crippen LogP contribution < -0.4 is 9.47 Å². The van der Waals surface area contributed by atoms with Gasteiger partial charge in [0.25, 0.3) is 0 Å². The Morgan fingerprint density at radius 1 is 0.490 bits per heavy atom. The van der Waals surface area contributed by atoms with Gasteiger partial charge in [0, 0.05) is 27.3 Å². The first-order valence-electron chi connectivity index (χ1n) is 15.2. The number of sulfone groups is 1. The quantitative estimate of drug-likeness (QED) is 0.0984. The molecular weight excluding hydrogens is 679 g/mol. The summed E-state index contributed by atoms with van der Waals surface area (Å²) in [6, 6.07) is 39.5. The van der Waals surface area contributed by atoms with Gasteiger partial charge in [0.1, 0.15) is 23.0 Å². The number of hydrogen-bond acceptors (Lipinski definition) is 6. The molecule has 0 fully saturated rings. The van der Waals surface area contributed by atoms with Gasteiger partial charge in [-0.15, -0.1) is 11.6 Å². The van der Waals surface area contributed by atoms with Crippen molar-refractivity contribution in [1.82, 2.24) is 0 Å². The van der Waals surface area contributed by atoms with Crippen LogP contribution in [0.3, 0.4) is 0 Å². The molecule has 1 atom stereocenters. The molecule has 6 aromatic carbocycles. The van der Waals surface area contributed by atoms with Crippen molar-refractivity contribution in [3.8, 4) is 23.0 Å². The zero-order chi connectivity index (χ0) is 34.5. The molecule has 0 heterocycles. The monoisotopic (exact) mass is 706 g/mol. The molecule has 0 radical (unpaired) electrons. The van der Waals surface area contributed by atoms with Crippen molar-refractivity contribution >= 4 is 44.6 Å². The number of carbonyl (C=O) groups excluding carboxylic acids is 2. The minimum atomic E-state index is -3.81. The van der Waals surface area contributed by atoms with Gasteiger partial charge in [-0.25, -0.2) is 8.42 Å². The van der Waals surface area contributed by atoms with Gasteiger partial charge in [-0.2, -0.15) is 0 Å². The third-order valence-corrected chi connectivity index (χ3v) is 10.0. The molecule has 0 saturated carbocycles. The number of rotatable bonds is 11. The van der Waals surface area contributed by atoms with Crippen molar-refractivity contribution in [2.45, 2.75) is 22.1 Å². The Hall–Kier alpha value is -5.21. The maximum atomic E-state index is 13.3. The summed E-state index contributed by atoms with van der Waals surface area (Å²) in [5.74, 6) is 1.61. The van der Waals surface area contributed by atoms with Gasteiger partial charge >= 0.3 is 0 Å². The highest BCUT2D eigenvalue weighted by atomic mass is 35.5. The molecule has 0 aromatic heterocycles. The minimum Gasteiger partial charge on any atom is -0.457 e. The fourth-order valence-electron chi connectivity index (χ4n) is 4.96. The van der Waals surface area contributed by atoms with Crippen molar-refractivity contribution < 1.29 is 27.5 Å². The first kappa shape index (κ1) is 33.7. The highest BCUT2D eigenvalue weighted by molar-refractivity contribution is 7.91. The molecule has 49 heavy (non-hydrogen) atoms. The largest absolute Gasteiger partial charge is 0.457 e. The predicted octanol–water partition coefficient (Wildman–Crippen LogP) is 10.5. The number of carbonyl (C=O) groups is 2. The summed E-state index contributed by atoms with van der Waals surface area (Å²) in [4.78, 5) is 25.8. The summed E-state index contributed by atoms with van der Waals surface area (Å²) in [6.45, 7) is 1.87. The van der Waals surface area contributed by atoms with E-state index in [9.17, 15) is 18.0 Å². The van der Waals surface area contributed by atoms with Gasteiger partial charge in [-0.3, -0.25) is 9.59 Å². The van der Waals surface area contributed by atoms with Gasteiger partial charge < -0.3 is 9.47 Å². The molecule has 0 bridgehead atoms. The van der Waals surface area contributed by atoms with Crippen LogP contribution in [0.25, 0.3) is 0 Å². The van der Waals surface area contributed by atoms with Crippen molar-refractivity contribution in [1.29, 1.82) is 0 Å². The van der Waals surface area contributed by atoms with E-state index < -0.39 is 9.84 Å². The van der Waals surface area contributed by atoms with Crippen molar-refractivity contribution in [3.63, 3.8) is 0 Å². The summed E-state index contributed by atoms with van der Waals surface area (Å²) in [7, 11) is -3.81. The van der Waals surface area contributed by atoms with Crippen molar-refractivity contribution in [2.24, 2.45) is 0 Å². The predicted molar refractivity (Wildman–Crippen MR) is 190 cm³/mol. The lowest BCUT2D eigenvalue weighted by Crippen LogP contribution is -2.02. The zero-order valence-electron chi connectivity index (χ0n) is 26.0. The molecule has 244 valence electrons. The lowest BCUT2D eigenvalue weighted by molar-refractivity contribution is 0.103. The van der Waals surface area contributed by atoms with Crippen LogP contribution in [0.15, 0.2) is 155 Å². The third-order valence-electron chi connectivity index (χ3n) is 7.71. The van der Waals surface area contributed by atoms with Crippen LogP contribution in [0.5, 0.6) is 23.0 Å². The molecule has 0 aliphatic heterocycles. The Labute approximate surface area is 294 Å². The van der Waals surface area contributed by atoms with Crippen LogP contribution in [0, 0.1) is 0 Å². The molecule has 0 aliphatic rings. The Kier molecular flexibility index (Phi) is 9.97. The zero-order valence-corrected chi connectivity index (χ0v) is 28.4. The first-order chi connectivity index (χ1) is 23.6. The average molecular weight is 708 g/mol. The van der Waals surface area contributed by atoms with E-state index in [0.29, 0.717) is 50.3 Å². The summed E-state index contributed by atoms with van der Waals surface area (Å²) in [6.07, 6.45) is 0. The van der Waals surface area contributed by atoms with Crippen LogP contribution in [-0.2, 0) is 9.84 Å². The molecule has 0 amide bonds. The molecule has 6 rings (SSSR count). The van der Waals surface area contributed by atoms with Crippen molar-refractivity contribution in [2.75, 3.05) is 0 Å². The molecule has 9 heteroatoms. The normalized spacial score (nSPS) is 11.8. The van der Waals surface area contributed by atoms with Crippen LogP contribution in [0.1, 0.15) is 49.7 Å². The maximum absolute atomic E-state index is 13.3. The summed E-state index contributed by atoms with van der Waals surface area (Å²) < 4.78 is 38.4. The third kappa shape index (κ3) is 7.92. The maximum Gasteiger partial charge on any atom is 0.206 e. The van der Waals surface area contributed by atoms with Gasteiger partial charge in [0.05, 0.1) is 15.2 Å². The molecule has 6 nitrogen and oxygen atoms in total. The standard InChI is InChI=1S/C40H28Cl2O6S/c1-26(41)27-2-4-28(5-3-27)39(43)30-8-14-33(15-9-30)47-35-18-22-37(23-19-35)49(45,46)38-24-20-36(21-25-38)48-34-16-10-31(11-17-34)40(44)29-6-12-32(42)13-7-29/h2-26H,1H3. The SMILES string of the molecule is CC(Cl)c1ccc(C(=O)c2ccc(Oc3ccc(S(=O)(=O)c4ccc(Oc5ccc(C(=O)c6ccc(Cl)cc6)cc5)cc4)cc3)cc2)cc1. The fourth-order valence-corrected chi connectivity index (χ4v) is 6.50. The molecule has 0 saturated heterocycles. The Morgan fingerprint density at radius 3 is 1.10 bits per heavy atom. The molecule has 0 aliphatic carbocycles. The van der Waals surface area contributed by atoms with E-state index in [0.717, 1.165) is 5.56 Å². The van der Waals surface area contributed by atoms with Crippen LogP contribution in [0.4, 0.5) is 0 Å².